The van der Waals surface area contributed by atoms with E-state index >= 15 is 0 Å². The Hall–Kier alpha value is -3.03. The fourth-order valence-corrected chi connectivity index (χ4v) is 5.52. The van der Waals surface area contributed by atoms with Crippen molar-refractivity contribution < 1.29 is 17.6 Å². The first kappa shape index (κ1) is 21.2. The van der Waals surface area contributed by atoms with E-state index in [9.17, 15) is 17.6 Å². The molecule has 0 N–H and O–H groups in total. The lowest BCUT2D eigenvalue weighted by molar-refractivity contribution is -0.122. The lowest BCUT2D eigenvalue weighted by Gasteiger charge is -2.37. The molecule has 1 unspecified atom stereocenters. The normalized spacial score (nSPS) is 16.5. The molecule has 1 aliphatic heterocycles. The molecule has 1 aliphatic rings. The standard InChI is InChI=1S/C24H23FN2O3S/c1-2-26(21-10-4-3-5-11-21)24(28)23-16-18-8-6-7-9-19(18)17-27(23)31(29,30)22-14-12-20(25)13-15-22/h3-15,23H,2,16-17H2,1H3. The van der Waals surface area contributed by atoms with Crippen LogP contribution in [-0.2, 0) is 27.8 Å². The molecule has 0 saturated carbocycles. The fourth-order valence-electron chi connectivity index (χ4n) is 3.96. The van der Waals surface area contributed by atoms with Gasteiger partial charge in [0.05, 0.1) is 4.90 Å². The monoisotopic (exact) mass is 438 g/mol. The summed E-state index contributed by atoms with van der Waals surface area (Å²) < 4.78 is 41.6. The Kier molecular flexibility index (Phi) is 5.89. The molecule has 1 heterocycles. The number of carbonyl (C=O) groups excluding carboxylic acids is 1. The Labute approximate surface area is 181 Å². The Bertz CT molecular complexity index is 1180. The quantitative estimate of drug-likeness (QED) is 0.605. The molecular formula is C24H23FN2O3S. The number of amides is 1. The topological polar surface area (TPSA) is 57.7 Å². The lowest BCUT2D eigenvalue weighted by atomic mass is 9.95. The van der Waals surface area contributed by atoms with Crippen molar-refractivity contribution in [3.8, 4) is 0 Å². The second kappa shape index (κ2) is 8.61. The number of carbonyl (C=O) groups is 1. The number of hydrogen-bond acceptors (Lipinski definition) is 3. The zero-order valence-electron chi connectivity index (χ0n) is 17.1. The highest BCUT2D eigenvalue weighted by Gasteiger charge is 2.41. The van der Waals surface area contributed by atoms with Crippen molar-refractivity contribution in [2.75, 3.05) is 11.4 Å². The van der Waals surface area contributed by atoms with Crippen LogP contribution in [-0.4, -0.2) is 31.2 Å². The molecule has 7 heteroatoms. The number of anilines is 1. The van der Waals surface area contributed by atoms with Gasteiger partial charge in [0, 0.05) is 18.8 Å². The first-order valence-corrected chi connectivity index (χ1v) is 11.6. The van der Waals surface area contributed by atoms with Crippen molar-refractivity contribution in [2.45, 2.75) is 30.8 Å². The molecule has 31 heavy (non-hydrogen) atoms. The first-order valence-electron chi connectivity index (χ1n) is 10.1. The summed E-state index contributed by atoms with van der Waals surface area (Å²) in [5.41, 5.74) is 2.53. The van der Waals surface area contributed by atoms with Gasteiger partial charge in [0.2, 0.25) is 15.9 Å². The van der Waals surface area contributed by atoms with Gasteiger partial charge in [-0.05, 0) is 60.9 Å². The minimum absolute atomic E-state index is 0.0335. The van der Waals surface area contributed by atoms with Gasteiger partial charge in [0.1, 0.15) is 11.9 Å². The lowest BCUT2D eigenvalue weighted by Crippen LogP contribution is -2.53. The fraction of sp³-hybridized carbons (Fsp3) is 0.208. The van der Waals surface area contributed by atoms with Crippen molar-refractivity contribution in [3.05, 3.63) is 95.8 Å². The molecule has 0 aromatic heterocycles. The van der Waals surface area contributed by atoms with E-state index in [-0.39, 0.29) is 23.8 Å². The van der Waals surface area contributed by atoms with Gasteiger partial charge in [-0.15, -0.1) is 0 Å². The second-order valence-corrected chi connectivity index (χ2v) is 9.30. The number of rotatable bonds is 5. The summed E-state index contributed by atoms with van der Waals surface area (Å²) in [6.45, 7) is 2.35. The number of para-hydroxylation sites is 1. The van der Waals surface area contributed by atoms with Crippen LogP contribution in [0, 0.1) is 5.82 Å². The van der Waals surface area contributed by atoms with Crippen LogP contribution in [0.1, 0.15) is 18.1 Å². The van der Waals surface area contributed by atoms with E-state index in [1.807, 2.05) is 61.5 Å². The molecule has 160 valence electrons. The van der Waals surface area contributed by atoms with Gasteiger partial charge >= 0.3 is 0 Å². The molecule has 0 radical (unpaired) electrons. The average molecular weight is 439 g/mol. The van der Waals surface area contributed by atoms with Gasteiger partial charge in [0.25, 0.3) is 0 Å². The smallest absolute Gasteiger partial charge is 0.245 e. The maximum Gasteiger partial charge on any atom is 0.245 e. The van der Waals surface area contributed by atoms with E-state index in [1.54, 1.807) is 4.90 Å². The molecular weight excluding hydrogens is 415 g/mol. The zero-order chi connectivity index (χ0) is 22.0. The third-order valence-electron chi connectivity index (χ3n) is 5.56. The van der Waals surface area contributed by atoms with Crippen LogP contribution in [0.3, 0.4) is 0 Å². The minimum Gasteiger partial charge on any atom is -0.311 e. The van der Waals surface area contributed by atoms with Gasteiger partial charge in [-0.25, -0.2) is 12.8 Å². The predicted molar refractivity (Wildman–Crippen MR) is 118 cm³/mol. The third kappa shape index (κ3) is 4.11. The number of nitrogens with zero attached hydrogens (tertiary/aromatic N) is 2. The molecule has 0 bridgehead atoms. The molecule has 5 nitrogen and oxygen atoms in total. The summed E-state index contributed by atoms with van der Waals surface area (Å²) in [6, 6.07) is 20.6. The minimum atomic E-state index is -4.02. The number of hydrogen-bond donors (Lipinski definition) is 0. The Balaban J connectivity index is 1.77. The van der Waals surface area contributed by atoms with Crippen LogP contribution in [0.2, 0.25) is 0 Å². The predicted octanol–water partition coefficient (Wildman–Crippen LogP) is 3.99. The van der Waals surface area contributed by atoms with E-state index in [0.717, 1.165) is 23.3 Å². The molecule has 0 saturated heterocycles. The number of likely N-dealkylation sites (N-methyl/N-ethyl adjacent to an activating group) is 1. The van der Waals surface area contributed by atoms with Crippen LogP contribution < -0.4 is 4.90 Å². The molecule has 0 spiro atoms. The van der Waals surface area contributed by atoms with Gasteiger partial charge < -0.3 is 4.90 Å². The molecule has 1 amide bonds. The summed E-state index contributed by atoms with van der Waals surface area (Å²) in [5.74, 6) is -0.800. The van der Waals surface area contributed by atoms with E-state index in [2.05, 4.69) is 0 Å². The van der Waals surface area contributed by atoms with Crippen LogP contribution in [0.5, 0.6) is 0 Å². The number of halogens is 1. The van der Waals surface area contributed by atoms with E-state index in [4.69, 9.17) is 0 Å². The SMILES string of the molecule is CCN(C(=O)C1Cc2ccccc2CN1S(=O)(=O)c1ccc(F)cc1)c1ccccc1. The summed E-state index contributed by atoms with van der Waals surface area (Å²) in [5, 5.41) is 0. The summed E-state index contributed by atoms with van der Waals surface area (Å²) in [6.07, 6.45) is 0.277. The van der Waals surface area contributed by atoms with Crippen molar-refractivity contribution in [3.63, 3.8) is 0 Å². The summed E-state index contributed by atoms with van der Waals surface area (Å²) in [4.78, 5) is 15.2. The van der Waals surface area contributed by atoms with Gasteiger partial charge in [0.15, 0.2) is 0 Å². The highest BCUT2D eigenvalue weighted by Crippen LogP contribution is 2.31. The molecule has 0 fully saturated rings. The van der Waals surface area contributed by atoms with Gasteiger partial charge in [-0.2, -0.15) is 4.31 Å². The first-order chi connectivity index (χ1) is 14.9. The molecule has 3 aromatic carbocycles. The van der Waals surface area contributed by atoms with Crippen molar-refractivity contribution in [2.24, 2.45) is 0 Å². The Morgan fingerprint density at radius 2 is 1.58 bits per heavy atom. The van der Waals surface area contributed by atoms with Gasteiger partial charge in [-0.1, -0.05) is 42.5 Å². The summed E-state index contributed by atoms with van der Waals surface area (Å²) >= 11 is 0. The van der Waals surface area contributed by atoms with E-state index < -0.39 is 21.9 Å². The molecule has 0 aliphatic carbocycles. The van der Waals surface area contributed by atoms with Gasteiger partial charge in [-0.3, -0.25) is 4.79 Å². The highest BCUT2D eigenvalue weighted by molar-refractivity contribution is 7.89. The largest absolute Gasteiger partial charge is 0.311 e. The average Bonchev–Trinajstić information content (AvgIpc) is 2.79. The van der Waals surface area contributed by atoms with Crippen molar-refractivity contribution in [1.82, 2.24) is 4.31 Å². The summed E-state index contributed by atoms with van der Waals surface area (Å²) in [7, 11) is -4.02. The maximum atomic E-state index is 13.6. The third-order valence-corrected chi connectivity index (χ3v) is 7.43. The molecule has 1 atom stereocenters. The van der Waals surface area contributed by atoms with Crippen LogP contribution in [0.15, 0.2) is 83.8 Å². The van der Waals surface area contributed by atoms with E-state index in [1.165, 1.54) is 16.4 Å². The number of sulfonamides is 1. The van der Waals surface area contributed by atoms with Crippen LogP contribution in [0.25, 0.3) is 0 Å². The van der Waals surface area contributed by atoms with E-state index in [0.29, 0.717) is 12.2 Å². The number of fused-ring (bicyclic) bond motifs is 1. The second-order valence-electron chi connectivity index (χ2n) is 7.41. The highest BCUT2D eigenvalue weighted by atomic mass is 32.2. The molecule has 3 aromatic rings. The molecule has 4 rings (SSSR count). The Morgan fingerprint density at radius 1 is 0.968 bits per heavy atom. The Morgan fingerprint density at radius 3 is 2.23 bits per heavy atom. The van der Waals surface area contributed by atoms with Crippen molar-refractivity contribution >= 4 is 21.6 Å². The van der Waals surface area contributed by atoms with Crippen molar-refractivity contribution in [1.29, 1.82) is 0 Å². The number of benzene rings is 3. The zero-order valence-corrected chi connectivity index (χ0v) is 17.9. The van der Waals surface area contributed by atoms with Crippen LogP contribution in [0.4, 0.5) is 10.1 Å². The van der Waals surface area contributed by atoms with Crippen LogP contribution >= 0.6 is 0 Å². The maximum absolute atomic E-state index is 13.6.